The van der Waals surface area contributed by atoms with Gasteiger partial charge in [0.25, 0.3) is 0 Å². The van der Waals surface area contributed by atoms with Crippen LogP contribution in [0.15, 0.2) is 18.2 Å². The highest BCUT2D eigenvalue weighted by molar-refractivity contribution is 5.79. The summed E-state index contributed by atoms with van der Waals surface area (Å²) >= 11 is 0. The van der Waals surface area contributed by atoms with Crippen LogP contribution in [0.4, 0.5) is 0 Å². The second kappa shape index (κ2) is 4.25. The molecule has 17 heavy (non-hydrogen) atoms. The van der Waals surface area contributed by atoms with E-state index in [0.717, 1.165) is 0 Å². The first-order valence-electron chi connectivity index (χ1n) is 5.26. The smallest absolute Gasteiger partial charge is 0.340 e. The summed E-state index contributed by atoms with van der Waals surface area (Å²) in [4.78, 5) is 11.2. The van der Waals surface area contributed by atoms with Crippen molar-refractivity contribution in [2.24, 2.45) is 0 Å². The monoisotopic (exact) mass is 238 g/mol. The van der Waals surface area contributed by atoms with Crippen molar-refractivity contribution < 1.29 is 24.1 Å². The summed E-state index contributed by atoms with van der Waals surface area (Å²) in [6, 6.07) is 5.02. The highest BCUT2D eigenvalue weighted by atomic mass is 16.6. The van der Waals surface area contributed by atoms with Gasteiger partial charge in [0, 0.05) is 7.11 Å². The Morgan fingerprint density at radius 3 is 2.59 bits per heavy atom. The summed E-state index contributed by atoms with van der Waals surface area (Å²) in [5.41, 5.74) is -0.854. The van der Waals surface area contributed by atoms with Crippen molar-refractivity contribution in [2.75, 3.05) is 20.3 Å². The van der Waals surface area contributed by atoms with Crippen LogP contribution in [0.3, 0.4) is 0 Å². The summed E-state index contributed by atoms with van der Waals surface area (Å²) in [7, 11) is 1.37. The molecule has 5 heteroatoms. The predicted molar refractivity (Wildman–Crippen MR) is 59.4 cm³/mol. The fourth-order valence-electron chi connectivity index (χ4n) is 1.67. The van der Waals surface area contributed by atoms with Gasteiger partial charge in [-0.2, -0.15) is 0 Å². The van der Waals surface area contributed by atoms with E-state index in [0.29, 0.717) is 30.3 Å². The minimum absolute atomic E-state index is 0.465. The molecule has 1 aliphatic rings. The van der Waals surface area contributed by atoms with Gasteiger partial charge >= 0.3 is 5.97 Å². The minimum Gasteiger partial charge on any atom is -0.486 e. The summed E-state index contributed by atoms with van der Waals surface area (Å²) in [6.45, 7) is 2.47. The SMILES string of the molecule is COC(C)(C(=O)O)c1ccc2c(c1)OCCO2. The number of hydrogen-bond donors (Lipinski definition) is 1. The number of ether oxygens (including phenoxy) is 3. The topological polar surface area (TPSA) is 65.0 Å². The Morgan fingerprint density at radius 2 is 2.00 bits per heavy atom. The Labute approximate surface area is 98.9 Å². The lowest BCUT2D eigenvalue weighted by molar-refractivity contribution is -0.161. The standard InChI is InChI=1S/C12H14O5/c1-12(15-2,11(13)14)8-3-4-9-10(7-8)17-6-5-16-9/h3-4,7H,5-6H2,1-2H3,(H,13,14). The number of carboxylic acids is 1. The van der Waals surface area contributed by atoms with E-state index >= 15 is 0 Å². The van der Waals surface area contributed by atoms with E-state index in [9.17, 15) is 9.90 Å². The van der Waals surface area contributed by atoms with Crippen LogP contribution in [-0.4, -0.2) is 31.4 Å². The molecule has 0 aromatic heterocycles. The molecule has 5 nitrogen and oxygen atoms in total. The van der Waals surface area contributed by atoms with E-state index in [2.05, 4.69) is 0 Å². The third-order valence-electron chi connectivity index (χ3n) is 2.91. The highest BCUT2D eigenvalue weighted by Crippen LogP contribution is 2.35. The van der Waals surface area contributed by atoms with E-state index in [4.69, 9.17) is 14.2 Å². The molecule has 0 amide bonds. The van der Waals surface area contributed by atoms with Crippen LogP contribution < -0.4 is 9.47 Å². The Kier molecular flexibility index (Phi) is 2.93. The first-order valence-corrected chi connectivity index (χ1v) is 5.26. The first-order chi connectivity index (χ1) is 8.08. The summed E-state index contributed by atoms with van der Waals surface area (Å²) < 4.78 is 15.9. The molecular formula is C12H14O5. The van der Waals surface area contributed by atoms with E-state index < -0.39 is 11.6 Å². The van der Waals surface area contributed by atoms with Crippen molar-refractivity contribution in [1.82, 2.24) is 0 Å². The molecule has 0 saturated carbocycles. The number of rotatable bonds is 3. The lowest BCUT2D eigenvalue weighted by Crippen LogP contribution is -2.34. The lowest BCUT2D eigenvalue weighted by Gasteiger charge is -2.26. The largest absolute Gasteiger partial charge is 0.486 e. The molecule has 0 aliphatic carbocycles. The molecule has 1 heterocycles. The Morgan fingerprint density at radius 1 is 1.35 bits per heavy atom. The molecule has 0 bridgehead atoms. The molecule has 0 fully saturated rings. The maximum Gasteiger partial charge on any atom is 0.340 e. The molecule has 1 aromatic rings. The minimum atomic E-state index is -1.38. The van der Waals surface area contributed by atoms with E-state index in [1.165, 1.54) is 14.0 Å². The molecule has 92 valence electrons. The molecule has 0 saturated heterocycles. The van der Waals surface area contributed by atoms with Gasteiger partial charge in [-0.25, -0.2) is 4.79 Å². The van der Waals surface area contributed by atoms with Gasteiger partial charge in [-0.15, -0.1) is 0 Å². The number of fused-ring (bicyclic) bond motifs is 1. The second-order valence-corrected chi connectivity index (χ2v) is 3.90. The Bertz CT molecular complexity index is 443. The van der Waals surface area contributed by atoms with Gasteiger partial charge in [0.05, 0.1) is 0 Å². The lowest BCUT2D eigenvalue weighted by atomic mass is 9.95. The number of methoxy groups -OCH3 is 1. The summed E-state index contributed by atoms with van der Waals surface area (Å²) in [5, 5.41) is 9.19. The zero-order chi connectivity index (χ0) is 12.5. The van der Waals surface area contributed by atoms with Crippen molar-refractivity contribution in [3.05, 3.63) is 23.8 Å². The van der Waals surface area contributed by atoms with Crippen LogP contribution in [0.25, 0.3) is 0 Å². The van der Waals surface area contributed by atoms with Crippen molar-refractivity contribution in [2.45, 2.75) is 12.5 Å². The normalized spacial score (nSPS) is 17.3. The van der Waals surface area contributed by atoms with Gasteiger partial charge in [0.2, 0.25) is 0 Å². The number of benzene rings is 1. The molecule has 1 atom stereocenters. The average molecular weight is 238 g/mol. The molecule has 0 radical (unpaired) electrons. The van der Waals surface area contributed by atoms with Gasteiger partial charge in [-0.05, 0) is 24.6 Å². The van der Waals surface area contributed by atoms with Crippen molar-refractivity contribution in [3.63, 3.8) is 0 Å². The van der Waals surface area contributed by atoms with Gasteiger partial charge < -0.3 is 19.3 Å². The van der Waals surface area contributed by atoms with Crippen molar-refractivity contribution >= 4 is 5.97 Å². The maximum atomic E-state index is 11.2. The number of carbonyl (C=O) groups is 1. The third kappa shape index (κ3) is 1.93. The fourth-order valence-corrected chi connectivity index (χ4v) is 1.67. The molecule has 2 rings (SSSR count). The summed E-state index contributed by atoms with van der Waals surface area (Å²) in [6.07, 6.45) is 0. The van der Waals surface area contributed by atoms with Crippen LogP contribution in [0.5, 0.6) is 11.5 Å². The van der Waals surface area contributed by atoms with Crippen LogP contribution in [0, 0.1) is 0 Å². The second-order valence-electron chi connectivity index (χ2n) is 3.90. The highest BCUT2D eigenvalue weighted by Gasteiger charge is 2.36. The first kappa shape index (κ1) is 11.7. The third-order valence-corrected chi connectivity index (χ3v) is 2.91. The quantitative estimate of drug-likeness (QED) is 0.862. The molecule has 1 unspecified atom stereocenters. The van der Waals surface area contributed by atoms with E-state index in [1.807, 2.05) is 0 Å². The fraction of sp³-hybridized carbons (Fsp3) is 0.417. The van der Waals surface area contributed by atoms with Crippen molar-refractivity contribution in [1.29, 1.82) is 0 Å². The van der Waals surface area contributed by atoms with Gasteiger partial charge in [-0.1, -0.05) is 6.07 Å². The number of hydrogen-bond acceptors (Lipinski definition) is 4. The molecule has 1 N–H and O–H groups in total. The van der Waals surface area contributed by atoms with Gasteiger partial charge in [-0.3, -0.25) is 0 Å². The maximum absolute atomic E-state index is 11.2. The zero-order valence-corrected chi connectivity index (χ0v) is 9.73. The van der Waals surface area contributed by atoms with Crippen LogP contribution >= 0.6 is 0 Å². The number of carboxylic acid groups (broad SMARTS) is 1. The molecule has 0 spiro atoms. The number of aliphatic carboxylic acids is 1. The summed E-state index contributed by atoms with van der Waals surface area (Å²) in [5.74, 6) is 0.138. The molecule has 1 aliphatic heterocycles. The Hall–Kier alpha value is -1.75. The molecule has 1 aromatic carbocycles. The average Bonchev–Trinajstić information content (AvgIpc) is 2.37. The van der Waals surface area contributed by atoms with Gasteiger partial charge in [0.15, 0.2) is 17.1 Å². The van der Waals surface area contributed by atoms with Crippen molar-refractivity contribution in [3.8, 4) is 11.5 Å². The molecular weight excluding hydrogens is 224 g/mol. The van der Waals surface area contributed by atoms with Gasteiger partial charge in [0.1, 0.15) is 13.2 Å². The van der Waals surface area contributed by atoms with Crippen LogP contribution in [0.1, 0.15) is 12.5 Å². The van der Waals surface area contributed by atoms with E-state index in [1.54, 1.807) is 18.2 Å². The predicted octanol–water partition coefficient (Wildman–Crippen LogP) is 1.40. The van der Waals surface area contributed by atoms with E-state index in [-0.39, 0.29) is 0 Å². The zero-order valence-electron chi connectivity index (χ0n) is 9.73. The van der Waals surface area contributed by atoms with Crippen LogP contribution in [-0.2, 0) is 15.1 Å². The van der Waals surface area contributed by atoms with Crippen LogP contribution in [0.2, 0.25) is 0 Å². The Balaban J connectivity index is 2.42.